The molecule has 0 aliphatic heterocycles. The average molecular weight is 376 g/mol. The number of fused-ring (bicyclic) bond motifs is 5. The van der Waals surface area contributed by atoms with Gasteiger partial charge in [-0.1, -0.05) is 25.5 Å². The quantitative estimate of drug-likeness (QED) is 0.738. The Morgan fingerprint density at radius 3 is 2.59 bits per heavy atom. The Bertz CT molecular complexity index is 787. The van der Waals surface area contributed by atoms with Crippen LogP contribution in [-0.4, -0.2) is 39.2 Å². The van der Waals surface area contributed by atoms with E-state index in [9.17, 15) is 19.8 Å². The fourth-order valence-electron chi connectivity index (χ4n) is 7.18. The minimum absolute atomic E-state index is 0.00153. The summed E-state index contributed by atoms with van der Waals surface area (Å²) in [5, 5.41) is 22.3. The van der Waals surface area contributed by atoms with Crippen LogP contribution in [0.15, 0.2) is 23.8 Å². The summed E-state index contributed by atoms with van der Waals surface area (Å²) >= 11 is 0. The van der Waals surface area contributed by atoms with Crippen molar-refractivity contribution in [3.8, 4) is 0 Å². The lowest BCUT2D eigenvalue weighted by Gasteiger charge is -2.63. The van der Waals surface area contributed by atoms with Crippen LogP contribution in [0.1, 0.15) is 53.4 Å². The maximum absolute atomic E-state index is 16.9. The molecule has 3 fully saturated rings. The molecule has 3 unspecified atom stereocenters. The molecule has 4 rings (SSSR count). The third kappa shape index (κ3) is 2.00. The van der Waals surface area contributed by atoms with Crippen molar-refractivity contribution in [1.29, 1.82) is 0 Å². The monoisotopic (exact) mass is 376 g/mol. The molecule has 0 aromatic rings. The van der Waals surface area contributed by atoms with Crippen LogP contribution in [0.25, 0.3) is 0 Å². The maximum Gasteiger partial charge on any atom is 0.178 e. The van der Waals surface area contributed by atoms with Gasteiger partial charge in [0.2, 0.25) is 0 Å². The molecule has 148 valence electrons. The molecule has 0 saturated heterocycles. The van der Waals surface area contributed by atoms with Gasteiger partial charge >= 0.3 is 0 Å². The number of ketones is 2. The summed E-state index contributed by atoms with van der Waals surface area (Å²) in [6.07, 6.45) is 4.68. The number of aliphatic hydroxyl groups excluding tert-OH is 1. The van der Waals surface area contributed by atoms with Crippen LogP contribution in [0.3, 0.4) is 0 Å². The lowest BCUT2D eigenvalue weighted by molar-refractivity contribution is -0.219. The first kappa shape index (κ1) is 19.0. The van der Waals surface area contributed by atoms with E-state index in [2.05, 4.69) is 0 Å². The van der Waals surface area contributed by atoms with E-state index < -0.39 is 34.1 Å². The Balaban J connectivity index is 1.86. The molecule has 0 aromatic heterocycles. The zero-order chi connectivity index (χ0) is 20.0. The van der Waals surface area contributed by atoms with Crippen LogP contribution in [0, 0.1) is 28.6 Å². The summed E-state index contributed by atoms with van der Waals surface area (Å²) in [5.41, 5.74) is -4.59. The summed E-state index contributed by atoms with van der Waals surface area (Å²) in [6, 6.07) is 0. The smallest absolute Gasteiger partial charge is 0.178 e. The van der Waals surface area contributed by atoms with E-state index in [1.807, 2.05) is 13.8 Å². The molecule has 0 bridgehead atoms. The Morgan fingerprint density at radius 1 is 1.30 bits per heavy atom. The van der Waals surface area contributed by atoms with Gasteiger partial charge in [-0.2, -0.15) is 0 Å². The van der Waals surface area contributed by atoms with Gasteiger partial charge in [-0.25, -0.2) is 4.39 Å². The normalized spacial score (nSPS) is 54.0. The number of hydrogen-bond donors (Lipinski definition) is 2. The molecule has 2 N–H and O–H groups in total. The van der Waals surface area contributed by atoms with E-state index in [1.165, 1.54) is 19.1 Å². The second-order valence-electron chi connectivity index (χ2n) is 9.75. The molecular weight excluding hydrogens is 347 g/mol. The minimum atomic E-state index is -1.92. The summed E-state index contributed by atoms with van der Waals surface area (Å²) < 4.78 is 16.9. The van der Waals surface area contributed by atoms with Gasteiger partial charge in [-0.15, -0.1) is 0 Å². The topological polar surface area (TPSA) is 74.6 Å². The van der Waals surface area contributed by atoms with Crippen LogP contribution in [0.5, 0.6) is 0 Å². The summed E-state index contributed by atoms with van der Waals surface area (Å²) in [4.78, 5) is 24.2. The molecule has 27 heavy (non-hydrogen) atoms. The van der Waals surface area contributed by atoms with Crippen molar-refractivity contribution in [3.63, 3.8) is 0 Å². The highest BCUT2D eigenvalue weighted by atomic mass is 19.1. The molecular formula is C22H29FO4. The first-order chi connectivity index (χ1) is 12.4. The first-order valence-corrected chi connectivity index (χ1v) is 9.97. The first-order valence-electron chi connectivity index (χ1n) is 9.97. The standard InChI is InChI=1S/C22H29FO4/c1-12-9-17-15-6-8-21(27,13(2)24)20(15,4)11-18(26)22(17,23)19(3)7-5-14(25)10-16(12)19/h5,7,10,12,15,17-18,26-27H,6,8-9,11H2,1-4H3/t12-,15?,17?,18-,19?,20-,21-,22-/m0/s1. The van der Waals surface area contributed by atoms with Crippen LogP contribution in [-0.2, 0) is 9.59 Å². The second-order valence-corrected chi connectivity index (χ2v) is 9.75. The van der Waals surface area contributed by atoms with Gasteiger partial charge < -0.3 is 10.2 Å². The van der Waals surface area contributed by atoms with E-state index in [-0.39, 0.29) is 29.8 Å². The second kappa shape index (κ2) is 5.38. The molecule has 0 radical (unpaired) electrons. The van der Waals surface area contributed by atoms with Gasteiger partial charge in [0.15, 0.2) is 17.2 Å². The van der Waals surface area contributed by atoms with Crippen LogP contribution >= 0.6 is 0 Å². The van der Waals surface area contributed by atoms with Gasteiger partial charge in [0.25, 0.3) is 0 Å². The number of halogens is 1. The van der Waals surface area contributed by atoms with Crippen LogP contribution in [0.4, 0.5) is 4.39 Å². The van der Waals surface area contributed by atoms with Crippen LogP contribution in [0.2, 0.25) is 0 Å². The lowest BCUT2D eigenvalue weighted by atomic mass is 9.43. The summed E-state index contributed by atoms with van der Waals surface area (Å²) in [7, 11) is 0. The molecule has 0 amide bonds. The van der Waals surface area contributed by atoms with Crippen molar-refractivity contribution in [1.82, 2.24) is 0 Å². The van der Waals surface area contributed by atoms with E-state index in [1.54, 1.807) is 13.0 Å². The largest absolute Gasteiger partial charge is 0.390 e. The lowest BCUT2D eigenvalue weighted by Crippen LogP contribution is -2.69. The van der Waals surface area contributed by atoms with Gasteiger partial charge in [0.1, 0.15) is 5.60 Å². The zero-order valence-corrected chi connectivity index (χ0v) is 16.5. The van der Waals surface area contributed by atoms with Gasteiger partial charge in [0.05, 0.1) is 6.10 Å². The Morgan fingerprint density at radius 2 is 1.96 bits per heavy atom. The highest BCUT2D eigenvalue weighted by molar-refractivity contribution is 6.01. The maximum atomic E-state index is 16.9. The predicted molar refractivity (Wildman–Crippen MR) is 98.5 cm³/mol. The summed E-state index contributed by atoms with van der Waals surface area (Å²) in [5.74, 6) is -1.11. The highest BCUT2D eigenvalue weighted by Crippen LogP contribution is 2.70. The van der Waals surface area contributed by atoms with Crippen molar-refractivity contribution in [3.05, 3.63) is 23.8 Å². The molecule has 0 heterocycles. The molecule has 4 nitrogen and oxygen atoms in total. The summed E-state index contributed by atoms with van der Waals surface area (Å²) in [6.45, 7) is 7.01. The number of aliphatic hydroxyl groups is 2. The predicted octanol–water partition coefficient (Wildman–Crippen LogP) is 2.92. The number of allylic oxidation sites excluding steroid dienone is 4. The number of Topliss-reactive ketones (excluding diaryl/α,β-unsaturated/α-hetero) is 1. The van der Waals surface area contributed by atoms with Crippen molar-refractivity contribution < 1.29 is 24.2 Å². The molecule has 5 heteroatoms. The van der Waals surface area contributed by atoms with E-state index in [4.69, 9.17) is 0 Å². The van der Waals surface area contributed by atoms with Crippen LogP contribution < -0.4 is 0 Å². The van der Waals surface area contributed by atoms with Crippen molar-refractivity contribution in [2.75, 3.05) is 0 Å². The SMILES string of the molecule is CC(=O)[C@@]1(O)CCC2C3C[C@H](C)C4=CC(=O)C=CC4(C)[C@@]3(F)[C@@H](O)C[C@@]21C. The fourth-order valence-corrected chi connectivity index (χ4v) is 7.18. The number of carbonyl (C=O) groups is 2. The number of hydrogen-bond acceptors (Lipinski definition) is 4. The molecule has 4 aliphatic carbocycles. The fraction of sp³-hybridized carbons (Fsp3) is 0.727. The van der Waals surface area contributed by atoms with Gasteiger partial charge in [-0.3, -0.25) is 9.59 Å². The van der Waals surface area contributed by atoms with Crippen molar-refractivity contribution in [2.45, 2.75) is 70.8 Å². The molecule has 3 saturated carbocycles. The number of alkyl halides is 1. The number of carbonyl (C=O) groups excluding carboxylic acids is 2. The Kier molecular flexibility index (Phi) is 3.79. The molecule has 8 atom stereocenters. The average Bonchev–Trinajstić information content (AvgIpc) is 2.85. The third-order valence-electron chi connectivity index (χ3n) is 8.70. The van der Waals surface area contributed by atoms with Crippen molar-refractivity contribution in [2.24, 2.45) is 28.6 Å². The molecule has 0 aromatic carbocycles. The number of rotatable bonds is 1. The van der Waals surface area contributed by atoms with Crippen molar-refractivity contribution >= 4 is 11.6 Å². The Labute approximate surface area is 159 Å². The zero-order valence-electron chi connectivity index (χ0n) is 16.5. The Hall–Kier alpha value is -1.33. The van der Waals surface area contributed by atoms with E-state index >= 15 is 4.39 Å². The molecule has 4 aliphatic rings. The third-order valence-corrected chi connectivity index (χ3v) is 8.70. The minimum Gasteiger partial charge on any atom is -0.390 e. The van der Waals surface area contributed by atoms with Gasteiger partial charge in [0, 0.05) is 16.7 Å². The molecule has 0 spiro atoms. The van der Waals surface area contributed by atoms with E-state index in [0.29, 0.717) is 19.3 Å². The van der Waals surface area contributed by atoms with E-state index in [0.717, 1.165) is 5.57 Å². The van der Waals surface area contributed by atoms with Gasteiger partial charge in [-0.05, 0) is 63.5 Å². The highest BCUT2D eigenvalue weighted by Gasteiger charge is 2.74.